The van der Waals surface area contributed by atoms with Crippen LogP contribution in [0.2, 0.25) is 0 Å². The van der Waals surface area contributed by atoms with E-state index in [1.54, 1.807) is 24.3 Å². The van der Waals surface area contributed by atoms with E-state index in [0.29, 0.717) is 30.8 Å². The number of hydrogen-bond donors (Lipinski definition) is 1. The number of rotatable bonds is 6. The standard InChI is InChI=1S/C21H24FN3O3S/c1-2-20(16-9-11-18(22)12-10-16)23-24-21(26)17-7-6-8-19(15-17)29(27,28)25-13-4-3-5-14-25/h6-12,15H,2-5,13-14H2,1H3,(H,24,26)/b23-20-. The summed E-state index contributed by atoms with van der Waals surface area (Å²) in [5.41, 5.74) is 3.98. The van der Waals surface area contributed by atoms with Crippen molar-refractivity contribution in [2.24, 2.45) is 5.10 Å². The number of hydrazone groups is 1. The molecule has 0 spiro atoms. The quantitative estimate of drug-likeness (QED) is 0.577. The fourth-order valence-corrected chi connectivity index (χ4v) is 4.79. The summed E-state index contributed by atoms with van der Waals surface area (Å²) in [6.45, 7) is 2.88. The lowest BCUT2D eigenvalue weighted by molar-refractivity contribution is 0.0954. The van der Waals surface area contributed by atoms with E-state index in [9.17, 15) is 17.6 Å². The normalized spacial score (nSPS) is 15.9. The van der Waals surface area contributed by atoms with Crippen molar-refractivity contribution < 1.29 is 17.6 Å². The monoisotopic (exact) mass is 417 g/mol. The molecule has 2 aromatic carbocycles. The molecule has 6 nitrogen and oxygen atoms in total. The second-order valence-corrected chi connectivity index (χ2v) is 8.79. The zero-order valence-electron chi connectivity index (χ0n) is 16.3. The average molecular weight is 418 g/mol. The number of hydrogen-bond acceptors (Lipinski definition) is 4. The zero-order valence-corrected chi connectivity index (χ0v) is 17.1. The Morgan fingerprint density at radius 2 is 1.76 bits per heavy atom. The van der Waals surface area contributed by atoms with Gasteiger partial charge in [-0.25, -0.2) is 18.2 Å². The van der Waals surface area contributed by atoms with Crippen LogP contribution in [-0.2, 0) is 10.0 Å². The Kier molecular flexibility index (Phi) is 6.76. The van der Waals surface area contributed by atoms with Crippen molar-refractivity contribution in [1.82, 2.24) is 9.73 Å². The van der Waals surface area contributed by atoms with Crippen LogP contribution < -0.4 is 5.43 Å². The summed E-state index contributed by atoms with van der Waals surface area (Å²) < 4.78 is 40.2. The van der Waals surface area contributed by atoms with Gasteiger partial charge in [0.25, 0.3) is 5.91 Å². The molecule has 0 aliphatic carbocycles. The van der Waals surface area contributed by atoms with Gasteiger partial charge in [-0.05, 0) is 55.2 Å². The van der Waals surface area contributed by atoms with Gasteiger partial charge in [0.1, 0.15) is 5.82 Å². The lowest BCUT2D eigenvalue weighted by Gasteiger charge is -2.25. The molecule has 1 fully saturated rings. The van der Waals surface area contributed by atoms with Gasteiger partial charge < -0.3 is 0 Å². The number of nitrogens with zero attached hydrogens (tertiary/aromatic N) is 2. The fourth-order valence-electron chi connectivity index (χ4n) is 3.22. The van der Waals surface area contributed by atoms with Gasteiger partial charge in [0.05, 0.1) is 10.6 Å². The van der Waals surface area contributed by atoms with Crippen LogP contribution in [0.1, 0.15) is 48.5 Å². The minimum atomic E-state index is -3.62. The molecule has 1 amide bonds. The van der Waals surface area contributed by atoms with Crippen molar-refractivity contribution in [3.8, 4) is 0 Å². The van der Waals surface area contributed by atoms with Crippen molar-refractivity contribution in [2.45, 2.75) is 37.5 Å². The first-order chi connectivity index (χ1) is 13.9. The molecule has 0 unspecified atom stereocenters. The van der Waals surface area contributed by atoms with Crippen LogP contribution in [0.15, 0.2) is 58.5 Å². The van der Waals surface area contributed by atoms with Crippen molar-refractivity contribution >= 4 is 21.6 Å². The van der Waals surface area contributed by atoms with Crippen LogP contribution in [-0.4, -0.2) is 37.4 Å². The van der Waals surface area contributed by atoms with E-state index in [1.165, 1.54) is 28.6 Å². The molecule has 3 rings (SSSR count). The lowest BCUT2D eigenvalue weighted by Crippen LogP contribution is -2.35. The molecular formula is C21H24FN3O3S. The molecule has 29 heavy (non-hydrogen) atoms. The smallest absolute Gasteiger partial charge is 0.267 e. The molecule has 1 N–H and O–H groups in total. The number of carbonyl (C=O) groups is 1. The van der Waals surface area contributed by atoms with Crippen LogP contribution in [0.4, 0.5) is 4.39 Å². The second-order valence-electron chi connectivity index (χ2n) is 6.85. The number of nitrogens with one attached hydrogen (secondary N) is 1. The van der Waals surface area contributed by atoms with Crippen LogP contribution in [0.5, 0.6) is 0 Å². The van der Waals surface area contributed by atoms with E-state index in [1.807, 2.05) is 6.92 Å². The summed E-state index contributed by atoms with van der Waals surface area (Å²) in [4.78, 5) is 12.6. The minimum absolute atomic E-state index is 0.102. The van der Waals surface area contributed by atoms with E-state index >= 15 is 0 Å². The van der Waals surface area contributed by atoms with Gasteiger partial charge in [-0.2, -0.15) is 9.41 Å². The Hall–Kier alpha value is -2.58. The van der Waals surface area contributed by atoms with E-state index in [2.05, 4.69) is 10.5 Å². The third-order valence-corrected chi connectivity index (χ3v) is 6.75. The molecule has 8 heteroatoms. The summed E-state index contributed by atoms with van der Waals surface area (Å²) >= 11 is 0. The molecule has 0 atom stereocenters. The Morgan fingerprint density at radius 3 is 2.41 bits per heavy atom. The molecule has 0 bridgehead atoms. The molecule has 1 aliphatic heterocycles. The van der Waals surface area contributed by atoms with Gasteiger partial charge >= 0.3 is 0 Å². The highest BCUT2D eigenvalue weighted by molar-refractivity contribution is 7.89. The molecule has 0 aromatic heterocycles. The Labute approximate surface area is 170 Å². The van der Waals surface area contributed by atoms with Gasteiger partial charge in [0.15, 0.2) is 0 Å². The number of benzene rings is 2. The predicted octanol–water partition coefficient (Wildman–Crippen LogP) is 3.54. The molecule has 0 saturated carbocycles. The zero-order chi connectivity index (χ0) is 20.9. The van der Waals surface area contributed by atoms with Crippen molar-refractivity contribution in [3.05, 3.63) is 65.5 Å². The van der Waals surface area contributed by atoms with Crippen molar-refractivity contribution in [2.75, 3.05) is 13.1 Å². The van der Waals surface area contributed by atoms with Crippen molar-refractivity contribution in [3.63, 3.8) is 0 Å². The molecule has 1 saturated heterocycles. The highest BCUT2D eigenvalue weighted by Crippen LogP contribution is 2.21. The van der Waals surface area contributed by atoms with E-state index in [0.717, 1.165) is 19.3 Å². The maximum absolute atomic E-state index is 13.1. The molecule has 1 aliphatic rings. The molecule has 2 aromatic rings. The summed E-state index contributed by atoms with van der Waals surface area (Å²) in [7, 11) is -3.62. The molecule has 154 valence electrons. The third-order valence-electron chi connectivity index (χ3n) is 4.85. The topological polar surface area (TPSA) is 78.8 Å². The van der Waals surface area contributed by atoms with Crippen LogP contribution in [0.25, 0.3) is 0 Å². The maximum atomic E-state index is 13.1. The van der Waals surface area contributed by atoms with Gasteiger partial charge in [-0.1, -0.05) is 31.5 Å². The van der Waals surface area contributed by atoms with Gasteiger partial charge in [0, 0.05) is 18.7 Å². The first kappa shape index (κ1) is 21.1. The van der Waals surface area contributed by atoms with Crippen LogP contribution >= 0.6 is 0 Å². The van der Waals surface area contributed by atoms with Crippen LogP contribution in [0, 0.1) is 5.82 Å². The molecule has 1 heterocycles. The van der Waals surface area contributed by atoms with Gasteiger partial charge in [-0.3, -0.25) is 4.79 Å². The summed E-state index contributed by atoms with van der Waals surface area (Å²) in [5.74, 6) is -0.853. The van der Waals surface area contributed by atoms with Crippen LogP contribution in [0.3, 0.4) is 0 Å². The van der Waals surface area contributed by atoms with E-state index in [4.69, 9.17) is 0 Å². The maximum Gasteiger partial charge on any atom is 0.271 e. The molecular weight excluding hydrogens is 393 g/mol. The minimum Gasteiger partial charge on any atom is -0.267 e. The highest BCUT2D eigenvalue weighted by Gasteiger charge is 2.26. The first-order valence-electron chi connectivity index (χ1n) is 9.65. The van der Waals surface area contributed by atoms with E-state index < -0.39 is 15.9 Å². The lowest BCUT2D eigenvalue weighted by atomic mass is 10.1. The SMILES string of the molecule is CC/C(=N/NC(=O)c1cccc(S(=O)(=O)N2CCCCC2)c1)c1ccc(F)cc1. The van der Waals surface area contributed by atoms with Crippen molar-refractivity contribution in [1.29, 1.82) is 0 Å². The Balaban J connectivity index is 1.77. The number of piperidine rings is 1. The van der Waals surface area contributed by atoms with Gasteiger partial charge in [-0.15, -0.1) is 0 Å². The summed E-state index contributed by atoms with van der Waals surface area (Å²) in [5, 5.41) is 4.13. The fraction of sp³-hybridized carbons (Fsp3) is 0.333. The predicted molar refractivity (Wildman–Crippen MR) is 110 cm³/mol. The summed E-state index contributed by atoms with van der Waals surface area (Å²) in [6, 6.07) is 11.8. The van der Waals surface area contributed by atoms with E-state index in [-0.39, 0.29) is 16.3 Å². The highest BCUT2D eigenvalue weighted by atomic mass is 32.2. The second kappa shape index (κ2) is 9.28. The first-order valence-corrected chi connectivity index (χ1v) is 11.1. The largest absolute Gasteiger partial charge is 0.271 e. The third kappa shape index (κ3) is 5.07. The average Bonchev–Trinajstić information content (AvgIpc) is 2.76. The summed E-state index contributed by atoms with van der Waals surface area (Å²) in [6.07, 6.45) is 3.25. The number of amides is 1. The Bertz CT molecular complexity index is 998. The number of sulfonamides is 1. The Morgan fingerprint density at radius 1 is 1.07 bits per heavy atom. The van der Waals surface area contributed by atoms with Gasteiger partial charge in [0.2, 0.25) is 10.0 Å². The number of halogens is 1. The number of carbonyl (C=O) groups excluding carboxylic acids is 1. The molecule has 0 radical (unpaired) electrons.